The second kappa shape index (κ2) is 10.1. The standard InChI is InChI=1S/C15H33N/c1-6-9-10-11-12-13(4)16-14(5)15(7-2)8-3/h13-16H,6-12H2,1-5H3. The van der Waals surface area contributed by atoms with E-state index in [1.54, 1.807) is 0 Å². The van der Waals surface area contributed by atoms with Crippen LogP contribution in [0.5, 0.6) is 0 Å². The second-order valence-electron chi connectivity index (χ2n) is 5.28. The van der Waals surface area contributed by atoms with Crippen LogP contribution in [0.15, 0.2) is 0 Å². The summed E-state index contributed by atoms with van der Waals surface area (Å²) in [7, 11) is 0. The van der Waals surface area contributed by atoms with Crippen molar-refractivity contribution in [2.45, 2.75) is 91.6 Å². The summed E-state index contributed by atoms with van der Waals surface area (Å²) >= 11 is 0. The molecule has 0 aromatic rings. The molecule has 0 amide bonds. The van der Waals surface area contributed by atoms with Crippen molar-refractivity contribution >= 4 is 0 Å². The molecule has 0 saturated carbocycles. The summed E-state index contributed by atoms with van der Waals surface area (Å²) in [6.07, 6.45) is 9.46. The minimum absolute atomic E-state index is 0.677. The Kier molecular flexibility index (Phi) is 10.1. The van der Waals surface area contributed by atoms with Crippen LogP contribution in [0.1, 0.15) is 79.6 Å². The molecule has 0 radical (unpaired) electrons. The van der Waals surface area contributed by atoms with E-state index in [1.165, 1.54) is 44.9 Å². The van der Waals surface area contributed by atoms with Crippen molar-refractivity contribution < 1.29 is 0 Å². The van der Waals surface area contributed by atoms with Crippen molar-refractivity contribution in [1.82, 2.24) is 5.32 Å². The Hall–Kier alpha value is -0.0400. The number of nitrogens with one attached hydrogen (secondary N) is 1. The highest BCUT2D eigenvalue weighted by Crippen LogP contribution is 2.14. The van der Waals surface area contributed by atoms with Crippen LogP contribution in [0.3, 0.4) is 0 Å². The lowest BCUT2D eigenvalue weighted by Crippen LogP contribution is -2.39. The van der Waals surface area contributed by atoms with Crippen LogP contribution in [-0.4, -0.2) is 12.1 Å². The summed E-state index contributed by atoms with van der Waals surface area (Å²) in [5.41, 5.74) is 0. The minimum atomic E-state index is 0.677. The van der Waals surface area contributed by atoms with Crippen LogP contribution in [0.4, 0.5) is 0 Å². The van der Waals surface area contributed by atoms with Gasteiger partial charge in [0.2, 0.25) is 0 Å². The molecule has 2 atom stereocenters. The lowest BCUT2D eigenvalue weighted by atomic mass is 9.94. The Morgan fingerprint density at radius 1 is 0.875 bits per heavy atom. The highest BCUT2D eigenvalue weighted by atomic mass is 14.9. The predicted molar refractivity (Wildman–Crippen MR) is 74.9 cm³/mol. The molecule has 0 bridgehead atoms. The maximum Gasteiger partial charge on any atom is 0.00692 e. The highest BCUT2D eigenvalue weighted by Gasteiger charge is 2.14. The Morgan fingerprint density at radius 3 is 2.00 bits per heavy atom. The average molecular weight is 227 g/mol. The van der Waals surface area contributed by atoms with Gasteiger partial charge in [-0.25, -0.2) is 0 Å². The Morgan fingerprint density at radius 2 is 1.50 bits per heavy atom. The third-order valence-electron chi connectivity index (χ3n) is 3.79. The van der Waals surface area contributed by atoms with Gasteiger partial charge in [0, 0.05) is 12.1 Å². The van der Waals surface area contributed by atoms with Gasteiger partial charge in [0.15, 0.2) is 0 Å². The second-order valence-corrected chi connectivity index (χ2v) is 5.28. The minimum Gasteiger partial charge on any atom is -0.312 e. The molecular formula is C15H33N. The topological polar surface area (TPSA) is 12.0 Å². The Balaban J connectivity index is 3.64. The molecule has 2 unspecified atom stereocenters. The molecule has 0 heterocycles. The third-order valence-corrected chi connectivity index (χ3v) is 3.79. The average Bonchev–Trinajstić information content (AvgIpc) is 2.26. The van der Waals surface area contributed by atoms with E-state index in [1.807, 2.05) is 0 Å². The van der Waals surface area contributed by atoms with Crippen LogP contribution in [-0.2, 0) is 0 Å². The number of hydrogen-bond donors (Lipinski definition) is 1. The first-order chi connectivity index (χ1) is 7.65. The fraction of sp³-hybridized carbons (Fsp3) is 1.00. The van der Waals surface area contributed by atoms with E-state index in [-0.39, 0.29) is 0 Å². The molecule has 0 spiro atoms. The van der Waals surface area contributed by atoms with Gasteiger partial charge in [-0.3, -0.25) is 0 Å². The van der Waals surface area contributed by atoms with Crippen molar-refractivity contribution in [2.24, 2.45) is 5.92 Å². The molecule has 0 aromatic carbocycles. The largest absolute Gasteiger partial charge is 0.312 e. The first-order valence-corrected chi connectivity index (χ1v) is 7.41. The van der Waals surface area contributed by atoms with Crippen molar-refractivity contribution in [3.05, 3.63) is 0 Å². The molecule has 98 valence electrons. The molecule has 1 nitrogen and oxygen atoms in total. The van der Waals surface area contributed by atoms with E-state index >= 15 is 0 Å². The van der Waals surface area contributed by atoms with Crippen LogP contribution in [0.25, 0.3) is 0 Å². The van der Waals surface area contributed by atoms with Gasteiger partial charge in [-0.05, 0) is 26.2 Å². The van der Waals surface area contributed by atoms with Gasteiger partial charge in [0.25, 0.3) is 0 Å². The van der Waals surface area contributed by atoms with Gasteiger partial charge in [0.1, 0.15) is 0 Å². The summed E-state index contributed by atoms with van der Waals surface area (Å²) in [6.45, 7) is 11.6. The molecule has 0 rings (SSSR count). The SMILES string of the molecule is CCCCCCC(C)NC(C)C(CC)CC. The number of unbranched alkanes of at least 4 members (excludes halogenated alkanes) is 3. The van der Waals surface area contributed by atoms with E-state index in [0.717, 1.165) is 5.92 Å². The van der Waals surface area contributed by atoms with Crippen molar-refractivity contribution in [1.29, 1.82) is 0 Å². The molecule has 0 aliphatic carbocycles. The van der Waals surface area contributed by atoms with Gasteiger partial charge < -0.3 is 5.32 Å². The zero-order valence-electron chi connectivity index (χ0n) is 12.2. The summed E-state index contributed by atoms with van der Waals surface area (Å²) < 4.78 is 0. The molecule has 1 heteroatoms. The molecule has 16 heavy (non-hydrogen) atoms. The molecular weight excluding hydrogens is 194 g/mol. The Labute approximate surface area is 103 Å². The molecule has 0 aliphatic heterocycles. The van der Waals surface area contributed by atoms with E-state index in [2.05, 4.69) is 39.9 Å². The van der Waals surface area contributed by atoms with E-state index < -0.39 is 0 Å². The van der Waals surface area contributed by atoms with Gasteiger partial charge in [-0.2, -0.15) is 0 Å². The molecule has 0 aliphatic rings. The molecule has 1 N–H and O–H groups in total. The fourth-order valence-corrected chi connectivity index (χ4v) is 2.54. The number of rotatable bonds is 10. The lowest BCUT2D eigenvalue weighted by molar-refractivity contribution is 0.318. The summed E-state index contributed by atoms with van der Waals surface area (Å²) in [6, 6.07) is 1.36. The smallest absolute Gasteiger partial charge is 0.00692 e. The van der Waals surface area contributed by atoms with E-state index in [0.29, 0.717) is 12.1 Å². The predicted octanol–water partition coefficient (Wildman–Crippen LogP) is 4.76. The van der Waals surface area contributed by atoms with Gasteiger partial charge in [0.05, 0.1) is 0 Å². The van der Waals surface area contributed by atoms with E-state index in [4.69, 9.17) is 0 Å². The van der Waals surface area contributed by atoms with Crippen LogP contribution in [0, 0.1) is 5.92 Å². The number of hydrogen-bond acceptors (Lipinski definition) is 1. The van der Waals surface area contributed by atoms with Crippen LogP contribution < -0.4 is 5.32 Å². The van der Waals surface area contributed by atoms with Crippen LogP contribution >= 0.6 is 0 Å². The molecule has 0 fully saturated rings. The zero-order valence-corrected chi connectivity index (χ0v) is 12.2. The van der Waals surface area contributed by atoms with Crippen molar-refractivity contribution in [3.8, 4) is 0 Å². The Bertz CT molecular complexity index is 140. The summed E-state index contributed by atoms with van der Waals surface area (Å²) in [5.74, 6) is 0.845. The first-order valence-electron chi connectivity index (χ1n) is 7.41. The summed E-state index contributed by atoms with van der Waals surface area (Å²) in [5, 5.41) is 3.76. The normalized spacial score (nSPS) is 15.4. The van der Waals surface area contributed by atoms with E-state index in [9.17, 15) is 0 Å². The zero-order chi connectivity index (χ0) is 12.4. The highest BCUT2D eigenvalue weighted by molar-refractivity contribution is 4.73. The molecule has 0 saturated heterocycles. The van der Waals surface area contributed by atoms with Gasteiger partial charge in [-0.15, -0.1) is 0 Å². The van der Waals surface area contributed by atoms with Crippen LogP contribution in [0.2, 0.25) is 0 Å². The monoisotopic (exact) mass is 227 g/mol. The first kappa shape index (κ1) is 16.0. The van der Waals surface area contributed by atoms with Gasteiger partial charge >= 0.3 is 0 Å². The lowest BCUT2D eigenvalue weighted by Gasteiger charge is -2.26. The maximum absolute atomic E-state index is 3.76. The maximum atomic E-state index is 3.76. The summed E-state index contributed by atoms with van der Waals surface area (Å²) in [4.78, 5) is 0. The fourth-order valence-electron chi connectivity index (χ4n) is 2.54. The third kappa shape index (κ3) is 7.27. The van der Waals surface area contributed by atoms with Gasteiger partial charge in [-0.1, -0.05) is 59.3 Å². The molecule has 0 aromatic heterocycles. The van der Waals surface area contributed by atoms with Crippen molar-refractivity contribution in [3.63, 3.8) is 0 Å². The quantitative estimate of drug-likeness (QED) is 0.531. The van der Waals surface area contributed by atoms with Crippen molar-refractivity contribution in [2.75, 3.05) is 0 Å².